The second kappa shape index (κ2) is 7.05. The maximum Gasteiger partial charge on any atom is 0.0679 e. The van der Waals surface area contributed by atoms with Gasteiger partial charge in [0.2, 0.25) is 0 Å². The molecule has 1 saturated carbocycles. The standard InChI is InChI=1S/C16H32N2O/c1-3-9-17-12-16(7-4-14(2)5-8-16)13-18-10-6-15(19)11-18/h14-15,17,19H,3-13H2,1-2H3. The Morgan fingerprint density at radius 3 is 2.58 bits per heavy atom. The van der Waals surface area contributed by atoms with Crippen LogP contribution in [0.2, 0.25) is 0 Å². The van der Waals surface area contributed by atoms with Crippen LogP contribution in [0.5, 0.6) is 0 Å². The summed E-state index contributed by atoms with van der Waals surface area (Å²) in [7, 11) is 0. The van der Waals surface area contributed by atoms with Gasteiger partial charge in [-0.3, -0.25) is 0 Å². The highest BCUT2D eigenvalue weighted by atomic mass is 16.3. The van der Waals surface area contributed by atoms with Crippen LogP contribution < -0.4 is 5.32 Å². The third-order valence-corrected chi connectivity index (χ3v) is 5.07. The monoisotopic (exact) mass is 268 g/mol. The van der Waals surface area contributed by atoms with Gasteiger partial charge in [-0.2, -0.15) is 0 Å². The molecule has 2 fully saturated rings. The lowest BCUT2D eigenvalue weighted by molar-refractivity contribution is 0.0889. The Kier molecular flexibility index (Phi) is 5.67. The molecule has 0 amide bonds. The zero-order chi connectivity index (χ0) is 13.7. The van der Waals surface area contributed by atoms with E-state index in [9.17, 15) is 5.11 Å². The molecule has 112 valence electrons. The van der Waals surface area contributed by atoms with Crippen LogP contribution in [0, 0.1) is 11.3 Å². The van der Waals surface area contributed by atoms with Gasteiger partial charge in [-0.15, -0.1) is 0 Å². The molecular weight excluding hydrogens is 236 g/mol. The van der Waals surface area contributed by atoms with Crippen LogP contribution in [0.15, 0.2) is 0 Å². The summed E-state index contributed by atoms with van der Waals surface area (Å²) >= 11 is 0. The van der Waals surface area contributed by atoms with Crippen molar-refractivity contribution in [2.45, 2.75) is 58.5 Å². The molecule has 1 saturated heterocycles. The average molecular weight is 268 g/mol. The first-order valence-corrected chi connectivity index (χ1v) is 8.25. The topological polar surface area (TPSA) is 35.5 Å². The molecule has 0 aromatic rings. The van der Waals surface area contributed by atoms with E-state index in [0.717, 1.165) is 32.0 Å². The van der Waals surface area contributed by atoms with Crippen LogP contribution in [-0.4, -0.2) is 48.8 Å². The number of nitrogens with one attached hydrogen (secondary N) is 1. The lowest BCUT2D eigenvalue weighted by Crippen LogP contribution is -2.46. The van der Waals surface area contributed by atoms with Gasteiger partial charge < -0.3 is 15.3 Å². The highest BCUT2D eigenvalue weighted by Crippen LogP contribution is 2.39. The summed E-state index contributed by atoms with van der Waals surface area (Å²) in [6.45, 7) is 10.1. The fourth-order valence-corrected chi connectivity index (χ4v) is 3.73. The Morgan fingerprint density at radius 2 is 2.00 bits per heavy atom. The van der Waals surface area contributed by atoms with Gasteiger partial charge in [-0.05, 0) is 43.6 Å². The molecule has 0 aromatic carbocycles. The van der Waals surface area contributed by atoms with Gasteiger partial charge in [0.05, 0.1) is 6.10 Å². The van der Waals surface area contributed by atoms with Crippen molar-refractivity contribution in [3.05, 3.63) is 0 Å². The molecule has 2 aliphatic rings. The molecule has 1 atom stereocenters. The number of likely N-dealkylation sites (tertiary alicyclic amines) is 1. The first-order chi connectivity index (χ1) is 9.13. The van der Waals surface area contributed by atoms with Gasteiger partial charge in [0.15, 0.2) is 0 Å². The van der Waals surface area contributed by atoms with Gasteiger partial charge in [0.25, 0.3) is 0 Å². The maximum absolute atomic E-state index is 9.71. The molecule has 2 N–H and O–H groups in total. The van der Waals surface area contributed by atoms with Crippen LogP contribution in [0.25, 0.3) is 0 Å². The van der Waals surface area contributed by atoms with Crippen LogP contribution in [0.1, 0.15) is 52.4 Å². The zero-order valence-electron chi connectivity index (χ0n) is 12.8. The number of β-amino-alcohol motifs (C(OH)–C–C–N with tert-alkyl or cyclic N) is 1. The SMILES string of the molecule is CCCNCC1(CN2CCC(O)C2)CCC(C)CC1. The Bertz CT molecular complexity index is 261. The normalized spacial score (nSPS) is 36.8. The average Bonchev–Trinajstić information content (AvgIpc) is 2.79. The molecule has 1 aliphatic carbocycles. The van der Waals surface area contributed by atoms with Crippen molar-refractivity contribution in [3.63, 3.8) is 0 Å². The van der Waals surface area contributed by atoms with E-state index < -0.39 is 0 Å². The molecule has 1 heterocycles. The minimum Gasteiger partial charge on any atom is -0.392 e. The zero-order valence-corrected chi connectivity index (χ0v) is 12.8. The Hall–Kier alpha value is -0.120. The van der Waals surface area contributed by atoms with Crippen LogP contribution >= 0.6 is 0 Å². The van der Waals surface area contributed by atoms with Crippen LogP contribution in [0.4, 0.5) is 0 Å². The predicted molar refractivity (Wildman–Crippen MR) is 80.3 cm³/mol. The number of hydrogen-bond donors (Lipinski definition) is 2. The molecular formula is C16H32N2O. The summed E-state index contributed by atoms with van der Waals surface area (Å²) in [4.78, 5) is 2.49. The summed E-state index contributed by atoms with van der Waals surface area (Å²) in [5.74, 6) is 0.906. The third kappa shape index (κ3) is 4.44. The van der Waals surface area contributed by atoms with E-state index in [4.69, 9.17) is 0 Å². The predicted octanol–water partition coefficient (Wildman–Crippen LogP) is 2.25. The summed E-state index contributed by atoms with van der Waals surface area (Å²) in [6.07, 6.45) is 7.58. The molecule has 3 nitrogen and oxygen atoms in total. The number of aliphatic hydroxyl groups is 1. The molecule has 1 aliphatic heterocycles. The minimum absolute atomic E-state index is 0.0804. The number of nitrogens with zero attached hydrogens (tertiary/aromatic N) is 1. The van der Waals surface area contributed by atoms with Crippen LogP contribution in [0.3, 0.4) is 0 Å². The first kappa shape index (κ1) is 15.3. The van der Waals surface area contributed by atoms with Crippen molar-refractivity contribution in [2.24, 2.45) is 11.3 Å². The third-order valence-electron chi connectivity index (χ3n) is 5.07. The molecule has 0 bridgehead atoms. The van der Waals surface area contributed by atoms with E-state index in [-0.39, 0.29) is 6.10 Å². The Morgan fingerprint density at radius 1 is 1.26 bits per heavy atom. The first-order valence-electron chi connectivity index (χ1n) is 8.25. The number of hydrogen-bond acceptors (Lipinski definition) is 3. The summed E-state index contributed by atoms with van der Waals surface area (Å²) in [6, 6.07) is 0. The van der Waals surface area contributed by atoms with Gasteiger partial charge in [-0.25, -0.2) is 0 Å². The fraction of sp³-hybridized carbons (Fsp3) is 1.00. The lowest BCUT2D eigenvalue weighted by atomic mass is 9.70. The molecule has 19 heavy (non-hydrogen) atoms. The molecule has 0 aromatic heterocycles. The summed E-state index contributed by atoms with van der Waals surface area (Å²) < 4.78 is 0. The van der Waals surface area contributed by atoms with Crippen molar-refractivity contribution in [1.29, 1.82) is 0 Å². The van der Waals surface area contributed by atoms with E-state index in [1.54, 1.807) is 0 Å². The quantitative estimate of drug-likeness (QED) is 0.725. The molecule has 0 radical (unpaired) electrons. The van der Waals surface area contributed by atoms with Crippen molar-refractivity contribution in [1.82, 2.24) is 10.2 Å². The van der Waals surface area contributed by atoms with Gasteiger partial charge >= 0.3 is 0 Å². The van der Waals surface area contributed by atoms with Gasteiger partial charge in [0.1, 0.15) is 0 Å². The molecule has 0 spiro atoms. The molecule has 1 unspecified atom stereocenters. The summed E-state index contributed by atoms with van der Waals surface area (Å²) in [5.41, 5.74) is 0.464. The maximum atomic E-state index is 9.71. The number of rotatable bonds is 6. The second-order valence-electron chi connectivity index (χ2n) is 7.04. The molecule has 2 rings (SSSR count). The van der Waals surface area contributed by atoms with Crippen molar-refractivity contribution in [3.8, 4) is 0 Å². The van der Waals surface area contributed by atoms with Gasteiger partial charge in [-0.1, -0.05) is 26.7 Å². The van der Waals surface area contributed by atoms with Crippen molar-refractivity contribution >= 4 is 0 Å². The minimum atomic E-state index is -0.0804. The highest BCUT2D eigenvalue weighted by molar-refractivity contribution is 4.91. The van der Waals surface area contributed by atoms with Crippen molar-refractivity contribution < 1.29 is 5.11 Å². The smallest absolute Gasteiger partial charge is 0.0679 e. The van der Waals surface area contributed by atoms with Crippen molar-refractivity contribution in [2.75, 3.05) is 32.7 Å². The second-order valence-corrected chi connectivity index (χ2v) is 7.04. The van der Waals surface area contributed by atoms with E-state index in [2.05, 4.69) is 24.1 Å². The largest absolute Gasteiger partial charge is 0.392 e. The fourth-order valence-electron chi connectivity index (χ4n) is 3.73. The molecule has 3 heteroatoms. The van der Waals surface area contributed by atoms with E-state index in [1.807, 2.05) is 0 Å². The number of aliphatic hydroxyl groups excluding tert-OH is 1. The van der Waals surface area contributed by atoms with E-state index in [0.29, 0.717) is 5.41 Å². The van der Waals surface area contributed by atoms with E-state index >= 15 is 0 Å². The van der Waals surface area contributed by atoms with Gasteiger partial charge in [0, 0.05) is 26.2 Å². The summed E-state index contributed by atoms with van der Waals surface area (Å²) in [5, 5.41) is 13.4. The Labute approximate surface area is 118 Å². The van der Waals surface area contributed by atoms with E-state index in [1.165, 1.54) is 45.2 Å². The van der Waals surface area contributed by atoms with Crippen LogP contribution in [-0.2, 0) is 0 Å². The lowest BCUT2D eigenvalue weighted by Gasteiger charge is -2.42. The Balaban J connectivity index is 1.89. The highest BCUT2D eigenvalue weighted by Gasteiger charge is 2.36.